The molecule has 144 heavy (non-hydrogen) atoms. The fourth-order valence-electron chi connectivity index (χ4n) is 22.7. The molecule has 12 heteroatoms. The second kappa shape index (κ2) is 32.7. The van der Waals surface area contributed by atoms with E-state index < -0.39 is 0 Å². The Kier molecular flexibility index (Phi) is 18.5. The molecule has 0 saturated heterocycles. The highest BCUT2D eigenvalue weighted by molar-refractivity contribution is 7.27. The van der Waals surface area contributed by atoms with Crippen LogP contribution in [0.5, 0.6) is 0 Å². The first kappa shape index (κ1) is 81.7. The minimum atomic E-state index is 0.672. The first-order valence-electron chi connectivity index (χ1n) is 48.7. The minimum absolute atomic E-state index is 0.672. The number of benzene rings is 23. The van der Waals surface area contributed by atoms with Gasteiger partial charge >= 0.3 is 0 Å². The van der Waals surface area contributed by atoms with Gasteiger partial charge in [0.15, 0.2) is 0 Å². The molecule has 0 fully saturated rings. The number of rotatable bonds is 8. The number of hydrogen-bond donors (Lipinski definition) is 0. The molecule has 0 N–H and O–H groups in total. The van der Waals surface area contributed by atoms with Gasteiger partial charge in [-0.3, -0.25) is 14.7 Å². The van der Waals surface area contributed by atoms with Crippen LogP contribution < -0.4 is 14.7 Å². The summed E-state index contributed by atoms with van der Waals surface area (Å²) in [6.07, 6.45) is 0. The van der Waals surface area contributed by atoms with E-state index in [9.17, 15) is 0 Å². The van der Waals surface area contributed by atoms with Crippen LogP contribution in [0, 0.1) is 0 Å². The first-order valence-corrected chi connectivity index (χ1v) is 51.1. The molecule has 0 unspecified atom stereocenters. The van der Waals surface area contributed by atoms with Gasteiger partial charge in [-0.2, -0.15) is 0 Å². The molecule has 3 aliphatic rings. The van der Waals surface area contributed by atoms with Gasteiger partial charge in [0.05, 0.1) is 81.9 Å². The Labute approximate surface area is 838 Å². The van der Waals surface area contributed by atoms with Gasteiger partial charge in [-0.05, 0) is 199 Å². The Morgan fingerprint density at radius 2 is 0.451 bits per heavy atom. The molecule has 32 rings (SSSR count). The van der Waals surface area contributed by atoms with E-state index in [1.54, 1.807) is 34.0 Å². The summed E-state index contributed by atoms with van der Waals surface area (Å²) in [6.45, 7) is 0. The average Bonchev–Trinajstić information content (AvgIpc) is 0.919. The van der Waals surface area contributed by atoms with Crippen molar-refractivity contribution in [1.82, 2.24) is 29.9 Å². The van der Waals surface area contributed by atoms with E-state index in [4.69, 9.17) is 29.9 Å². The highest BCUT2D eigenvalue weighted by Crippen LogP contribution is 2.58. The number of thiophene rings is 3. The fraction of sp³-hybridized carbons (Fsp3) is 0. The molecule has 668 valence electrons. The van der Waals surface area contributed by atoms with E-state index in [1.807, 2.05) is 0 Å². The summed E-state index contributed by atoms with van der Waals surface area (Å²) in [5.74, 6) is 2.03. The summed E-state index contributed by atoms with van der Waals surface area (Å²) in [6, 6.07) is 168. The van der Waals surface area contributed by atoms with Crippen LogP contribution in [-0.4, -0.2) is 29.9 Å². The molecule has 0 saturated carbocycles. The van der Waals surface area contributed by atoms with Crippen LogP contribution in [0.4, 0.5) is 52.0 Å². The molecule has 23 aromatic carbocycles. The maximum atomic E-state index is 5.61. The quantitative estimate of drug-likeness (QED) is 0.148. The number of anilines is 9. The third-order valence-corrected chi connectivity index (χ3v) is 32.8. The van der Waals surface area contributed by atoms with Crippen molar-refractivity contribution >= 4 is 244 Å². The van der Waals surface area contributed by atoms with Crippen LogP contribution in [0.25, 0.3) is 247 Å². The van der Waals surface area contributed by atoms with E-state index in [2.05, 4.69) is 482 Å². The zero-order valence-corrected chi connectivity index (χ0v) is 79.7. The average molecular weight is 1890 g/mol. The lowest BCUT2D eigenvalue weighted by atomic mass is 9.89. The van der Waals surface area contributed by atoms with E-state index in [0.29, 0.717) is 17.8 Å². The smallest absolute Gasteiger partial charge is 0.235 e. The molecule has 0 atom stereocenters. The van der Waals surface area contributed by atoms with E-state index >= 15 is 0 Å². The van der Waals surface area contributed by atoms with Gasteiger partial charge in [0.25, 0.3) is 0 Å². The van der Waals surface area contributed by atoms with Crippen molar-refractivity contribution in [2.75, 3.05) is 14.7 Å². The highest BCUT2D eigenvalue weighted by Gasteiger charge is 2.36. The fourth-order valence-corrected chi connectivity index (χ4v) is 26.2. The normalized spacial score (nSPS) is 12.4. The van der Waals surface area contributed by atoms with Crippen LogP contribution >= 0.6 is 34.0 Å². The zero-order chi connectivity index (χ0) is 94.3. The molecule has 0 spiro atoms. The lowest BCUT2D eigenvalue weighted by Gasteiger charge is -2.32. The lowest BCUT2D eigenvalue weighted by molar-refractivity contribution is 1.12. The van der Waals surface area contributed by atoms with Crippen molar-refractivity contribution in [3.63, 3.8) is 0 Å². The first-order chi connectivity index (χ1) is 71.4. The maximum Gasteiger partial charge on any atom is 0.235 e. The monoisotopic (exact) mass is 1880 g/mol. The molecule has 0 bridgehead atoms. The van der Waals surface area contributed by atoms with Crippen LogP contribution in [-0.2, 0) is 0 Å². The third kappa shape index (κ3) is 13.0. The number of hydrogen-bond acceptors (Lipinski definition) is 12. The molecule has 29 aromatic rings. The van der Waals surface area contributed by atoms with Crippen molar-refractivity contribution in [2.45, 2.75) is 0 Å². The predicted molar refractivity (Wildman–Crippen MR) is 611 cm³/mol. The summed E-state index contributed by atoms with van der Waals surface area (Å²) < 4.78 is 6.94. The van der Waals surface area contributed by atoms with Crippen LogP contribution in [0.3, 0.4) is 0 Å². The summed E-state index contributed by atoms with van der Waals surface area (Å²) in [4.78, 5) is 39.8. The largest absolute Gasteiger partial charge is 0.278 e. The van der Waals surface area contributed by atoms with Crippen molar-refractivity contribution in [2.24, 2.45) is 0 Å². The maximum absolute atomic E-state index is 5.61. The molecule has 0 aliphatic carbocycles. The summed E-state index contributed by atoms with van der Waals surface area (Å²) in [5, 5.41) is 25.2. The molecule has 6 aromatic heterocycles. The molecule has 0 radical (unpaired) electrons. The van der Waals surface area contributed by atoms with E-state index in [0.717, 1.165) is 115 Å². The highest BCUT2D eigenvalue weighted by atomic mass is 32.1. The number of nitrogens with zero attached hydrogens (tertiary/aromatic N) is 9. The second-order valence-corrected chi connectivity index (χ2v) is 40.5. The standard InChI is InChI=1S/2C46H27N3S.C40H23N3S/c1-2-10-32-25-35(24-21-28(32)9-1)29-19-22-31(23-20-29)43-45-44(37-15-5-6-18-41(37)50-45)48-46(47-43)49-39-17-8-14-30-13-7-16-36(42(30)39)38-26-33-11-3-4-12-34(33)27-40(38)49;1-2-12-28(13-3-1)32-24-25-36(34-19-7-6-18-33(32)34)43-45-44(37-20-8-9-23-41(37)50-45)48-46(47-43)49-39-22-11-17-29-16-10-21-35(42(29)39)38-26-30-14-4-5-15-31(30)27-40(38)49;1-2-12-27-23-34-32(22-26(27)11-1)29-18-8-14-25-15-9-20-33(36(25)29)43(34)40-41-37(30-19-7-13-24-10-3-4-16-28(24)30)39-38(42-40)31-17-5-6-21-35(31)44-39/h2*1-27H;1-23H. The Balaban J connectivity index is 0.000000101. The Bertz CT molecular complexity index is 10500. The Morgan fingerprint density at radius 3 is 0.889 bits per heavy atom. The van der Waals surface area contributed by atoms with E-state index in [-0.39, 0.29) is 0 Å². The Hall–Kier alpha value is -18.3. The minimum Gasteiger partial charge on any atom is -0.278 e. The zero-order valence-electron chi connectivity index (χ0n) is 77.2. The third-order valence-electron chi connectivity index (χ3n) is 29.3. The predicted octanol–water partition coefficient (Wildman–Crippen LogP) is 37.6. The van der Waals surface area contributed by atoms with Crippen molar-refractivity contribution < 1.29 is 0 Å². The van der Waals surface area contributed by atoms with Crippen molar-refractivity contribution in [1.29, 1.82) is 0 Å². The summed E-state index contributed by atoms with van der Waals surface area (Å²) in [7, 11) is 0. The Morgan fingerprint density at radius 1 is 0.153 bits per heavy atom. The van der Waals surface area contributed by atoms with Gasteiger partial charge < -0.3 is 0 Å². The van der Waals surface area contributed by atoms with Gasteiger partial charge in [0.1, 0.15) is 0 Å². The molecule has 9 heterocycles. The van der Waals surface area contributed by atoms with Gasteiger partial charge in [-0.15, -0.1) is 34.0 Å². The lowest BCUT2D eigenvalue weighted by Crippen LogP contribution is -2.18. The van der Waals surface area contributed by atoms with Crippen molar-refractivity contribution in [3.8, 4) is 89.4 Å². The second-order valence-electron chi connectivity index (χ2n) is 37.4. The number of aromatic nitrogens is 6. The SMILES string of the molecule is c1ccc(-c2ccc(-c3nc(N4c5cc6ccccc6cc5-c5cccc6cccc4c56)nc4c3sc3ccccc34)c3ccccc23)cc1.c1ccc2cc(-c3ccc(-c4nc(N5c6cc7ccccc7cc6-c6cccc7cccc5c67)nc5c4sc4ccccc45)cc3)ccc2c1.c1ccc2cc3c(cc2c1)-c1cccc2cccc(c12)N3c1nc(-c2cccc3ccccc23)c2sc3ccccc3c2n1. The van der Waals surface area contributed by atoms with Crippen molar-refractivity contribution in [3.05, 3.63) is 467 Å². The van der Waals surface area contributed by atoms with Gasteiger partial charge in [0, 0.05) is 79.8 Å². The van der Waals surface area contributed by atoms with Gasteiger partial charge in [-0.25, -0.2) is 29.9 Å². The molecule has 0 amide bonds. The molecule has 9 nitrogen and oxygen atoms in total. The van der Waals surface area contributed by atoms with Crippen LogP contribution in [0.2, 0.25) is 0 Å². The summed E-state index contributed by atoms with van der Waals surface area (Å²) >= 11 is 5.32. The molecular formula is C132H77N9S3. The number of fused-ring (bicyclic) bond motifs is 21. The molecular weight excluding hydrogens is 1810 g/mol. The van der Waals surface area contributed by atoms with Gasteiger partial charge in [-0.1, -0.05) is 388 Å². The van der Waals surface area contributed by atoms with Crippen LogP contribution in [0.1, 0.15) is 0 Å². The summed E-state index contributed by atoms with van der Waals surface area (Å²) in [5.41, 5.74) is 27.8. The molecule has 3 aliphatic heterocycles. The van der Waals surface area contributed by atoms with E-state index in [1.165, 1.54) is 167 Å². The van der Waals surface area contributed by atoms with Gasteiger partial charge in [0.2, 0.25) is 17.8 Å². The topological polar surface area (TPSA) is 87.1 Å². The van der Waals surface area contributed by atoms with Crippen LogP contribution in [0.15, 0.2) is 467 Å².